The zero-order chi connectivity index (χ0) is 18.8. The molecule has 1 heterocycles. The number of hydrogen-bond donors (Lipinski definition) is 2. The second-order valence-electron chi connectivity index (χ2n) is 7.24. The topological polar surface area (TPSA) is 51.6 Å². The van der Waals surface area contributed by atoms with E-state index in [9.17, 15) is 9.50 Å². The number of nitrogens with one attached hydrogen (secondary N) is 1. The minimum atomic E-state index is -0.342. The molecule has 140 valence electrons. The number of aromatic nitrogens is 1. The highest BCUT2D eigenvalue weighted by Gasteiger charge is 2.24. The predicted molar refractivity (Wildman–Crippen MR) is 109 cm³/mol. The molecule has 0 aliphatic heterocycles. The fraction of sp³-hybridized carbons (Fsp3) is 0.318. The van der Waals surface area contributed by atoms with Crippen LogP contribution in [0, 0.1) is 11.7 Å². The van der Waals surface area contributed by atoms with Gasteiger partial charge in [0.1, 0.15) is 5.82 Å². The van der Waals surface area contributed by atoms with E-state index in [0.717, 1.165) is 36.5 Å². The average Bonchev–Trinajstić information content (AvgIpc) is 3.42. The molecule has 3 aromatic rings. The Bertz CT molecular complexity index is 958. The molecular formula is C22H24FN3O. The summed E-state index contributed by atoms with van der Waals surface area (Å²) in [5.74, 6) is 0.504. The zero-order valence-corrected chi connectivity index (χ0v) is 15.5. The van der Waals surface area contributed by atoms with Crippen LogP contribution in [0.3, 0.4) is 0 Å². The SMILES string of the molecule is CCCN(CC1CC1)c1ccc(N=Cc2c(O)[nH]c3cc(F)ccc23)cc1. The molecule has 0 amide bonds. The first kappa shape index (κ1) is 17.6. The van der Waals surface area contributed by atoms with Crippen molar-refractivity contribution in [2.75, 3.05) is 18.0 Å². The number of rotatable bonds is 7. The third-order valence-electron chi connectivity index (χ3n) is 5.01. The summed E-state index contributed by atoms with van der Waals surface area (Å²) < 4.78 is 13.3. The number of aliphatic imine (C=N–C) groups is 1. The molecule has 4 rings (SSSR count). The first-order chi connectivity index (χ1) is 13.1. The Hall–Kier alpha value is -2.82. The summed E-state index contributed by atoms with van der Waals surface area (Å²) in [7, 11) is 0. The van der Waals surface area contributed by atoms with Crippen LogP contribution >= 0.6 is 0 Å². The van der Waals surface area contributed by atoms with Gasteiger partial charge in [0.15, 0.2) is 5.88 Å². The van der Waals surface area contributed by atoms with Crippen molar-refractivity contribution < 1.29 is 9.50 Å². The monoisotopic (exact) mass is 365 g/mol. The normalized spacial score (nSPS) is 14.3. The maximum atomic E-state index is 13.3. The largest absolute Gasteiger partial charge is 0.494 e. The van der Waals surface area contributed by atoms with Gasteiger partial charge in [0.2, 0.25) is 0 Å². The number of aromatic hydroxyl groups is 1. The van der Waals surface area contributed by atoms with Gasteiger partial charge in [-0.3, -0.25) is 4.99 Å². The minimum Gasteiger partial charge on any atom is -0.494 e. The summed E-state index contributed by atoms with van der Waals surface area (Å²) in [6.07, 6.45) is 5.45. The quantitative estimate of drug-likeness (QED) is 0.552. The second-order valence-corrected chi connectivity index (χ2v) is 7.24. The molecule has 0 radical (unpaired) electrons. The molecule has 1 aliphatic rings. The maximum absolute atomic E-state index is 13.3. The molecule has 27 heavy (non-hydrogen) atoms. The number of aromatic amines is 1. The number of hydrogen-bond acceptors (Lipinski definition) is 3. The number of fused-ring (bicyclic) bond motifs is 1. The van der Waals surface area contributed by atoms with Crippen molar-refractivity contribution in [2.24, 2.45) is 10.9 Å². The van der Waals surface area contributed by atoms with E-state index in [4.69, 9.17) is 0 Å². The highest BCUT2D eigenvalue weighted by molar-refractivity contribution is 6.02. The molecule has 0 saturated heterocycles. The lowest BCUT2D eigenvalue weighted by molar-refractivity contribution is 0.457. The lowest BCUT2D eigenvalue weighted by atomic mass is 10.2. The van der Waals surface area contributed by atoms with E-state index in [1.807, 2.05) is 12.1 Å². The molecule has 0 atom stereocenters. The van der Waals surface area contributed by atoms with E-state index in [1.165, 1.54) is 30.7 Å². The Morgan fingerprint density at radius 1 is 1.22 bits per heavy atom. The van der Waals surface area contributed by atoms with Gasteiger partial charge in [0, 0.05) is 30.4 Å². The Morgan fingerprint density at radius 3 is 2.70 bits per heavy atom. The van der Waals surface area contributed by atoms with E-state index in [1.54, 1.807) is 12.3 Å². The molecule has 0 spiro atoms. The summed E-state index contributed by atoms with van der Waals surface area (Å²) in [5, 5.41) is 10.8. The summed E-state index contributed by atoms with van der Waals surface area (Å²) >= 11 is 0. The van der Waals surface area contributed by atoms with Gasteiger partial charge in [-0.25, -0.2) is 4.39 Å². The van der Waals surface area contributed by atoms with Crippen LogP contribution in [0.15, 0.2) is 47.5 Å². The van der Waals surface area contributed by atoms with Gasteiger partial charge in [-0.1, -0.05) is 6.92 Å². The third-order valence-corrected chi connectivity index (χ3v) is 5.01. The van der Waals surface area contributed by atoms with Gasteiger partial charge in [0.25, 0.3) is 0 Å². The molecule has 1 aliphatic carbocycles. The smallest absolute Gasteiger partial charge is 0.198 e. The van der Waals surface area contributed by atoms with Crippen molar-refractivity contribution in [3.05, 3.63) is 53.8 Å². The van der Waals surface area contributed by atoms with E-state index in [2.05, 4.69) is 33.9 Å². The number of H-pyrrole nitrogens is 1. The van der Waals surface area contributed by atoms with Crippen molar-refractivity contribution in [3.63, 3.8) is 0 Å². The first-order valence-electron chi connectivity index (χ1n) is 9.53. The van der Waals surface area contributed by atoms with Crippen LogP contribution in [0.2, 0.25) is 0 Å². The van der Waals surface area contributed by atoms with Crippen LogP contribution in [0.4, 0.5) is 15.8 Å². The highest BCUT2D eigenvalue weighted by atomic mass is 19.1. The molecule has 1 aromatic heterocycles. The Kier molecular flexibility index (Phi) is 4.84. The van der Waals surface area contributed by atoms with Crippen LogP contribution in [0.1, 0.15) is 31.7 Å². The van der Waals surface area contributed by atoms with E-state index in [0.29, 0.717) is 11.1 Å². The Morgan fingerprint density at radius 2 is 2.00 bits per heavy atom. The van der Waals surface area contributed by atoms with Crippen LogP contribution in [0.25, 0.3) is 10.9 Å². The van der Waals surface area contributed by atoms with Gasteiger partial charge >= 0.3 is 0 Å². The maximum Gasteiger partial charge on any atom is 0.198 e. The van der Waals surface area contributed by atoms with E-state index < -0.39 is 0 Å². The third kappa shape index (κ3) is 3.97. The standard InChI is InChI=1S/C22H24FN3O/c1-2-11-26(14-15-3-4-15)18-8-6-17(7-9-18)24-13-20-19-10-5-16(23)12-21(19)25-22(20)27/h5-10,12-13,15,25,27H,2-4,11,14H2,1H3. The Labute approximate surface area is 158 Å². The summed E-state index contributed by atoms with van der Waals surface area (Å²) in [4.78, 5) is 9.72. The van der Waals surface area contributed by atoms with Crippen LogP contribution in [-0.4, -0.2) is 29.4 Å². The van der Waals surface area contributed by atoms with E-state index in [-0.39, 0.29) is 11.7 Å². The van der Waals surface area contributed by atoms with Gasteiger partial charge in [-0.15, -0.1) is 0 Å². The van der Waals surface area contributed by atoms with Gasteiger partial charge in [-0.2, -0.15) is 0 Å². The van der Waals surface area contributed by atoms with Crippen molar-refractivity contribution in [1.82, 2.24) is 4.98 Å². The summed E-state index contributed by atoms with van der Waals surface area (Å²) in [6.45, 7) is 4.41. The Balaban J connectivity index is 1.53. The lowest BCUT2D eigenvalue weighted by Gasteiger charge is -2.24. The first-order valence-corrected chi connectivity index (χ1v) is 9.53. The van der Waals surface area contributed by atoms with Gasteiger partial charge in [0.05, 0.1) is 16.8 Å². The molecule has 1 saturated carbocycles. The number of anilines is 1. The molecule has 2 aromatic carbocycles. The molecule has 5 heteroatoms. The van der Waals surface area contributed by atoms with Crippen molar-refractivity contribution in [2.45, 2.75) is 26.2 Å². The molecular weight excluding hydrogens is 341 g/mol. The average molecular weight is 365 g/mol. The van der Waals surface area contributed by atoms with Gasteiger partial charge < -0.3 is 15.0 Å². The summed E-state index contributed by atoms with van der Waals surface area (Å²) in [5.41, 5.74) is 3.17. The highest BCUT2D eigenvalue weighted by Crippen LogP contribution is 2.32. The molecule has 0 unspecified atom stereocenters. The number of halogens is 1. The fourth-order valence-electron chi connectivity index (χ4n) is 3.40. The van der Waals surface area contributed by atoms with Crippen molar-refractivity contribution in [3.8, 4) is 5.88 Å². The van der Waals surface area contributed by atoms with Crippen LogP contribution in [0.5, 0.6) is 5.88 Å². The minimum absolute atomic E-state index is 0.00507. The number of nitrogens with zero attached hydrogens (tertiary/aromatic N) is 2. The molecule has 2 N–H and O–H groups in total. The molecule has 0 bridgehead atoms. The zero-order valence-electron chi connectivity index (χ0n) is 15.5. The molecule has 4 nitrogen and oxygen atoms in total. The number of benzene rings is 2. The second kappa shape index (κ2) is 7.43. The fourth-order valence-corrected chi connectivity index (χ4v) is 3.40. The molecule has 1 fully saturated rings. The lowest BCUT2D eigenvalue weighted by Crippen LogP contribution is -2.26. The van der Waals surface area contributed by atoms with Crippen LogP contribution < -0.4 is 4.90 Å². The predicted octanol–water partition coefficient (Wildman–Crippen LogP) is 5.39. The van der Waals surface area contributed by atoms with Crippen LogP contribution in [-0.2, 0) is 0 Å². The summed E-state index contributed by atoms with van der Waals surface area (Å²) in [6, 6.07) is 12.6. The van der Waals surface area contributed by atoms with Crippen molar-refractivity contribution in [1.29, 1.82) is 0 Å². The van der Waals surface area contributed by atoms with Crippen molar-refractivity contribution >= 4 is 28.5 Å². The van der Waals surface area contributed by atoms with Gasteiger partial charge in [-0.05, 0) is 67.6 Å². The van der Waals surface area contributed by atoms with E-state index >= 15 is 0 Å².